The number of methoxy groups -OCH3 is 1. The van der Waals surface area contributed by atoms with Crippen molar-refractivity contribution in [1.82, 2.24) is 15.3 Å². The van der Waals surface area contributed by atoms with Crippen molar-refractivity contribution in [2.24, 2.45) is 0 Å². The normalized spacial score (nSPS) is 10.4. The summed E-state index contributed by atoms with van der Waals surface area (Å²) in [4.78, 5) is 20.3. The van der Waals surface area contributed by atoms with Crippen molar-refractivity contribution in [3.63, 3.8) is 0 Å². The van der Waals surface area contributed by atoms with E-state index in [0.717, 1.165) is 11.3 Å². The summed E-state index contributed by atoms with van der Waals surface area (Å²) in [6.07, 6.45) is 1.56. The fraction of sp³-hybridized carbons (Fsp3) is 0.312. The molecule has 0 fully saturated rings. The van der Waals surface area contributed by atoms with Crippen LogP contribution in [0.3, 0.4) is 0 Å². The Kier molecular flexibility index (Phi) is 5.30. The Balaban J connectivity index is 2.06. The number of hydrogen-bond donors (Lipinski definition) is 2. The van der Waals surface area contributed by atoms with Gasteiger partial charge in [-0.25, -0.2) is 9.97 Å². The summed E-state index contributed by atoms with van der Waals surface area (Å²) >= 11 is 0. The number of anilines is 1. The summed E-state index contributed by atoms with van der Waals surface area (Å²) in [6.45, 7) is 4.32. The molecular weight excluding hydrogens is 280 g/mol. The van der Waals surface area contributed by atoms with Crippen LogP contribution in [-0.4, -0.2) is 29.0 Å². The van der Waals surface area contributed by atoms with Gasteiger partial charge in [-0.2, -0.15) is 0 Å². The Morgan fingerprint density at radius 3 is 2.77 bits per heavy atom. The SMILES string of the molecule is COc1ccccc1CNc1nccc(C(=O)NC(C)C)n1. The predicted molar refractivity (Wildman–Crippen MR) is 85.0 cm³/mol. The number of nitrogens with zero attached hydrogens (tertiary/aromatic N) is 2. The van der Waals surface area contributed by atoms with Crippen LogP contribution >= 0.6 is 0 Å². The zero-order valence-corrected chi connectivity index (χ0v) is 13.0. The molecule has 6 heteroatoms. The Morgan fingerprint density at radius 1 is 1.27 bits per heavy atom. The number of carbonyl (C=O) groups excluding carboxylic acids is 1. The van der Waals surface area contributed by atoms with Crippen LogP contribution in [0.4, 0.5) is 5.95 Å². The van der Waals surface area contributed by atoms with Crippen LogP contribution in [0.25, 0.3) is 0 Å². The number of para-hydroxylation sites is 1. The molecule has 2 rings (SSSR count). The van der Waals surface area contributed by atoms with Crippen LogP contribution < -0.4 is 15.4 Å². The second kappa shape index (κ2) is 7.40. The van der Waals surface area contributed by atoms with Crippen LogP contribution in [0.1, 0.15) is 29.9 Å². The van der Waals surface area contributed by atoms with E-state index in [9.17, 15) is 4.79 Å². The average molecular weight is 300 g/mol. The van der Waals surface area contributed by atoms with Crippen molar-refractivity contribution in [3.05, 3.63) is 47.8 Å². The van der Waals surface area contributed by atoms with Gasteiger partial charge in [-0.1, -0.05) is 18.2 Å². The number of benzene rings is 1. The molecule has 1 aromatic heterocycles. The first-order valence-corrected chi connectivity index (χ1v) is 7.10. The highest BCUT2D eigenvalue weighted by molar-refractivity contribution is 5.92. The average Bonchev–Trinajstić information content (AvgIpc) is 2.53. The van der Waals surface area contributed by atoms with Gasteiger partial charge in [0.25, 0.3) is 5.91 Å². The summed E-state index contributed by atoms with van der Waals surface area (Å²) in [7, 11) is 1.63. The Hall–Kier alpha value is -2.63. The van der Waals surface area contributed by atoms with E-state index < -0.39 is 0 Å². The van der Waals surface area contributed by atoms with E-state index in [1.807, 2.05) is 38.1 Å². The lowest BCUT2D eigenvalue weighted by molar-refractivity contribution is 0.0938. The monoisotopic (exact) mass is 300 g/mol. The molecule has 22 heavy (non-hydrogen) atoms. The van der Waals surface area contributed by atoms with Crippen molar-refractivity contribution in [3.8, 4) is 5.75 Å². The molecule has 0 aliphatic carbocycles. The van der Waals surface area contributed by atoms with E-state index >= 15 is 0 Å². The Morgan fingerprint density at radius 2 is 2.05 bits per heavy atom. The van der Waals surface area contributed by atoms with Gasteiger partial charge in [0.05, 0.1) is 7.11 Å². The molecule has 0 atom stereocenters. The minimum Gasteiger partial charge on any atom is -0.496 e. The first-order chi connectivity index (χ1) is 10.6. The van der Waals surface area contributed by atoms with Crippen molar-refractivity contribution in [2.45, 2.75) is 26.4 Å². The summed E-state index contributed by atoms with van der Waals surface area (Å²) in [5.41, 5.74) is 1.33. The lowest BCUT2D eigenvalue weighted by Crippen LogP contribution is -2.30. The molecule has 0 spiro atoms. The smallest absolute Gasteiger partial charge is 0.270 e. The first kappa shape index (κ1) is 15.8. The predicted octanol–water partition coefficient (Wildman–Crippen LogP) is 2.24. The molecule has 1 amide bonds. The highest BCUT2D eigenvalue weighted by atomic mass is 16.5. The third kappa shape index (κ3) is 4.18. The van der Waals surface area contributed by atoms with Gasteiger partial charge in [-0.15, -0.1) is 0 Å². The number of rotatable bonds is 6. The van der Waals surface area contributed by atoms with Crippen molar-refractivity contribution >= 4 is 11.9 Å². The fourth-order valence-electron chi connectivity index (χ4n) is 1.93. The number of hydrogen-bond acceptors (Lipinski definition) is 5. The second-order valence-corrected chi connectivity index (χ2v) is 5.06. The fourth-order valence-corrected chi connectivity index (χ4v) is 1.93. The summed E-state index contributed by atoms with van der Waals surface area (Å²) in [6, 6.07) is 9.35. The molecule has 0 unspecified atom stereocenters. The molecule has 2 aromatic rings. The van der Waals surface area contributed by atoms with Crippen LogP contribution in [0.15, 0.2) is 36.5 Å². The van der Waals surface area contributed by atoms with Crippen LogP contribution in [0.2, 0.25) is 0 Å². The number of ether oxygens (including phenoxy) is 1. The molecule has 0 radical (unpaired) electrons. The second-order valence-electron chi connectivity index (χ2n) is 5.06. The van der Waals surface area contributed by atoms with Gasteiger partial charge >= 0.3 is 0 Å². The molecule has 2 N–H and O–H groups in total. The molecule has 0 aliphatic heterocycles. The van der Waals surface area contributed by atoms with Gasteiger partial charge < -0.3 is 15.4 Å². The Bertz CT molecular complexity index is 644. The summed E-state index contributed by atoms with van der Waals surface area (Å²) in [5, 5.41) is 5.90. The van der Waals surface area contributed by atoms with E-state index in [4.69, 9.17) is 4.74 Å². The van der Waals surface area contributed by atoms with Crippen LogP contribution in [0.5, 0.6) is 5.75 Å². The zero-order chi connectivity index (χ0) is 15.9. The summed E-state index contributed by atoms with van der Waals surface area (Å²) in [5.74, 6) is 0.990. The van der Waals surface area contributed by atoms with Gasteiger partial charge in [-0.05, 0) is 26.0 Å². The van der Waals surface area contributed by atoms with Crippen molar-refractivity contribution < 1.29 is 9.53 Å². The third-order valence-corrected chi connectivity index (χ3v) is 2.94. The van der Waals surface area contributed by atoms with E-state index in [1.165, 1.54) is 0 Å². The first-order valence-electron chi connectivity index (χ1n) is 7.10. The molecule has 0 saturated carbocycles. The highest BCUT2D eigenvalue weighted by Gasteiger charge is 2.10. The van der Waals surface area contributed by atoms with Gasteiger partial charge in [0.15, 0.2) is 0 Å². The van der Waals surface area contributed by atoms with E-state index in [0.29, 0.717) is 18.2 Å². The molecule has 6 nitrogen and oxygen atoms in total. The lowest BCUT2D eigenvalue weighted by atomic mass is 10.2. The number of nitrogens with one attached hydrogen (secondary N) is 2. The minimum atomic E-state index is -0.210. The Labute approximate surface area is 129 Å². The number of carbonyl (C=O) groups is 1. The topological polar surface area (TPSA) is 76.1 Å². The molecule has 116 valence electrons. The zero-order valence-electron chi connectivity index (χ0n) is 13.0. The van der Waals surface area contributed by atoms with Crippen molar-refractivity contribution in [2.75, 3.05) is 12.4 Å². The van der Waals surface area contributed by atoms with Crippen molar-refractivity contribution in [1.29, 1.82) is 0 Å². The molecule has 0 aliphatic rings. The molecule has 0 saturated heterocycles. The highest BCUT2D eigenvalue weighted by Crippen LogP contribution is 2.18. The largest absolute Gasteiger partial charge is 0.496 e. The van der Waals surface area contributed by atoms with E-state index in [-0.39, 0.29) is 11.9 Å². The van der Waals surface area contributed by atoms with Gasteiger partial charge in [0.2, 0.25) is 5.95 Å². The molecular formula is C16H20N4O2. The maximum atomic E-state index is 11.9. The maximum Gasteiger partial charge on any atom is 0.270 e. The maximum absolute atomic E-state index is 11.9. The van der Waals surface area contributed by atoms with Gasteiger partial charge in [0.1, 0.15) is 11.4 Å². The summed E-state index contributed by atoms with van der Waals surface area (Å²) < 4.78 is 5.29. The lowest BCUT2D eigenvalue weighted by Gasteiger charge is -2.11. The van der Waals surface area contributed by atoms with Gasteiger partial charge in [0, 0.05) is 24.3 Å². The standard InChI is InChI=1S/C16H20N4O2/c1-11(2)19-15(21)13-8-9-17-16(20-13)18-10-12-6-4-5-7-14(12)22-3/h4-9,11H,10H2,1-3H3,(H,19,21)(H,17,18,20). The third-order valence-electron chi connectivity index (χ3n) is 2.94. The van der Waals surface area contributed by atoms with Crippen LogP contribution in [0, 0.1) is 0 Å². The van der Waals surface area contributed by atoms with E-state index in [2.05, 4.69) is 20.6 Å². The quantitative estimate of drug-likeness (QED) is 0.855. The number of aromatic nitrogens is 2. The van der Waals surface area contributed by atoms with Crippen LogP contribution in [-0.2, 0) is 6.54 Å². The minimum absolute atomic E-state index is 0.0625. The molecule has 1 aromatic carbocycles. The van der Waals surface area contributed by atoms with Gasteiger partial charge in [-0.3, -0.25) is 4.79 Å². The number of amides is 1. The van der Waals surface area contributed by atoms with E-state index in [1.54, 1.807) is 19.4 Å². The molecule has 1 heterocycles. The molecule has 0 bridgehead atoms.